The molecule has 2 aromatic heterocycles. The Morgan fingerprint density at radius 1 is 1.09 bits per heavy atom. The molecule has 0 spiro atoms. The molecule has 3 rings (SSSR count). The molecule has 0 aliphatic carbocycles. The minimum atomic E-state index is 0.584. The summed E-state index contributed by atoms with van der Waals surface area (Å²) in [5.41, 5.74) is 5.18. The third-order valence-corrected chi connectivity index (χ3v) is 4.50. The first-order chi connectivity index (χ1) is 10.7. The molecule has 116 valence electrons. The largest absolute Gasteiger partial charge is 0.387 e. The van der Waals surface area contributed by atoms with Gasteiger partial charge in [0.05, 0.1) is 17.6 Å². The first-order valence-electron chi connectivity index (χ1n) is 7.74. The van der Waals surface area contributed by atoms with Gasteiger partial charge < -0.3 is 10.2 Å². The van der Waals surface area contributed by atoms with Gasteiger partial charge in [-0.15, -0.1) is 0 Å². The lowest BCUT2D eigenvalue weighted by Gasteiger charge is -2.29. The third kappa shape index (κ3) is 3.02. The maximum absolute atomic E-state index is 6.33. The topological polar surface area (TPSA) is 41.1 Å². The fraction of sp³-hybridized carbons (Fsp3) is 0.412. The maximum Gasteiger partial charge on any atom is 0.152 e. The number of piperidine rings is 1. The van der Waals surface area contributed by atoms with Crippen LogP contribution in [0.25, 0.3) is 11.1 Å². The molecular weight excluding hydrogens is 296 g/mol. The van der Waals surface area contributed by atoms with E-state index in [0.717, 1.165) is 41.3 Å². The molecule has 0 radical (unpaired) electrons. The van der Waals surface area contributed by atoms with Crippen LogP contribution in [0.2, 0.25) is 5.15 Å². The summed E-state index contributed by atoms with van der Waals surface area (Å²) < 4.78 is 0. The van der Waals surface area contributed by atoms with E-state index in [2.05, 4.69) is 32.3 Å². The molecule has 2 aromatic rings. The van der Waals surface area contributed by atoms with Crippen molar-refractivity contribution >= 4 is 23.0 Å². The van der Waals surface area contributed by atoms with Crippen LogP contribution in [-0.4, -0.2) is 30.1 Å². The van der Waals surface area contributed by atoms with Gasteiger partial charge in [-0.3, -0.25) is 4.98 Å². The smallest absolute Gasteiger partial charge is 0.152 e. The zero-order chi connectivity index (χ0) is 15.5. The Morgan fingerprint density at radius 3 is 2.59 bits per heavy atom. The van der Waals surface area contributed by atoms with Crippen LogP contribution in [0.15, 0.2) is 24.5 Å². The highest BCUT2D eigenvalue weighted by atomic mass is 35.5. The fourth-order valence-corrected chi connectivity index (χ4v) is 3.13. The van der Waals surface area contributed by atoms with Crippen LogP contribution >= 0.6 is 11.6 Å². The van der Waals surface area contributed by atoms with E-state index in [-0.39, 0.29) is 0 Å². The summed E-state index contributed by atoms with van der Waals surface area (Å²) in [5, 5.41) is 3.72. The molecule has 1 aliphatic rings. The van der Waals surface area contributed by atoms with Gasteiger partial charge in [0.2, 0.25) is 0 Å². The minimum Gasteiger partial charge on any atom is -0.387 e. The Labute approximate surface area is 136 Å². The van der Waals surface area contributed by atoms with Crippen molar-refractivity contribution < 1.29 is 0 Å². The molecule has 0 bridgehead atoms. The van der Waals surface area contributed by atoms with E-state index in [1.807, 2.05) is 26.4 Å². The second-order valence-corrected chi connectivity index (χ2v) is 6.05. The quantitative estimate of drug-likeness (QED) is 0.864. The van der Waals surface area contributed by atoms with E-state index in [1.54, 1.807) is 0 Å². The van der Waals surface area contributed by atoms with Gasteiger partial charge in [-0.05, 0) is 38.3 Å². The van der Waals surface area contributed by atoms with Gasteiger partial charge in [0.1, 0.15) is 0 Å². The molecule has 1 fully saturated rings. The zero-order valence-corrected chi connectivity index (χ0v) is 13.8. The van der Waals surface area contributed by atoms with Crippen molar-refractivity contribution in [3.63, 3.8) is 0 Å². The lowest BCUT2D eigenvalue weighted by atomic mass is 10.0. The second-order valence-electron chi connectivity index (χ2n) is 5.69. The van der Waals surface area contributed by atoms with E-state index < -0.39 is 0 Å². The van der Waals surface area contributed by atoms with Crippen molar-refractivity contribution in [3.05, 3.63) is 35.4 Å². The van der Waals surface area contributed by atoms with Crippen LogP contribution in [-0.2, 0) is 0 Å². The molecule has 1 N–H and O–H groups in total. The van der Waals surface area contributed by atoms with Gasteiger partial charge in [-0.25, -0.2) is 4.98 Å². The number of halogens is 1. The van der Waals surface area contributed by atoms with Crippen molar-refractivity contribution in [1.29, 1.82) is 0 Å². The fourth-order valence-electron chi connectivity index (χ4n) is 2.90. The van der Waals surface area contributed by atoms with Crippen LogP contribution in [0.3, 0.4) is 0 Å². The molecule has 4 nitrogen and oxygen atoms in total. The number of rotatable bonds is 3. The van der Waals surface area contributed by atoms with Gasteiger partial charge in [0.25, 0.3) is 0 Å². The molecule has 1 aliphatic heterocycles. The molecule has 0 atom stereocenters. The van der Waals surface area contributed by atoms with Crippen molar-refractivity contribution in [1.82, 2.24) is 9.97 Å². The van der Waals surface area contributed by atoms with Gasteiger partial charge >= 0.3 is 0 Å². The standard InChI is InChI=1S/C17H21ClN4/c1-12-15(9-14(19-2)11-20-12)13-8-16(17(18)21-10-13)22-6-4-3-5-7-22/h8-11,19H,3-7H2,1-2H3. The van der Waals surface area contributed by atoms with Gasteiger partial charge in [0, 0.05) is 43.2 Å². The summed E-state index contributed by atoms with van der Waals surface area (Å²) in [6.45, 7) is 4.13. The second kappa shape index (κ2) is 6.53. The number of aryl methyl sites for hydroxylation is 1. The molecule has 0 amide bonds. The maximum atomic E-state index is 6.33. The number of anilines is 2. The van der Waals surface area contributed by atoms with Crippen LogP contribution < -0.4 is 10.2 Å². The van der Waals surface area contributed by atoms with Crippen molar-refractivity contribution in [2.45, 2.75) is 26.2 Å². The zero-order valence-electron chi connectivity index (χ0n) is 13.1. The number of hydrogen-bond donors (Lipinski definition) is 1. The summed E-state index contributed by atoms with van der Waals surface area (Å²) in [7, 11) is 1.90. The lowest BCUT2D eigenvalue weighted by Crippen LogP contribution is -2.29. The van der Waals surface area contributed by atoms with Crippen molar-refractivity contribution in [3.8, 4) is 11.1 Å². The Hall–Kier alpha value is -1.81. The van der Waals surface area contributed by atoms with E-state index in [0.29, 0.717) is 5.15 Å². The molecule has 1 saturated heterocycles. The van der Waals surface area contributed by atoms with Gasteiger partial charge in [-0.2, -0.15) is 0 Å². The van der Waals surface area contributed by atoms with Crippen LogP contribution in [0.5, 0.6) is 0 Å². The first-order valence-corrected chi connectivity index (χ1v) is 8.12. The number of nitrogens with zero attached hydrogens (tertiary/aromatic N) is 3. The summed E-state index contributed by atoms with van der Waals surface area (Å²) in [6, 6.07) is 4.25. The third-order valence-electron chi connectivity index (χ3n) is 4.20. The number of pyridine rings is 2. The van der Waals surface area contributed by atoms with Crippen LogP contribution in [0, 0.1) is 6.92 Å². The van der Waals surface area contributed by atoms with Crippen molar-refractivity contribution in [2.75, 3.05) is 30.4 Å². The van der Waals surface area contributed by atoms with Crippen molar-refractivity contribution in [2.24, 2.45) is 0 Å². The summed E-state index contributed by atoms with van der Waals surface area (Å²) >= 11 is 6.33. The summed E-state index contributed by atoms with van der Waals surface area (Å²) in [5.74, 6) is 0. The average Bonchev–Trinajstić information content (AvgIpc) is 2.57. The highest BCUT2D eigenvalue weighted by Crippen LogP contribution is 2.32. The Bertz CT molecular complexity index is 666. The van der Waals surface area contributed by atoms with Gasteiger partial charge in [0.15, 0.2) is 5.15 Å². The lowest BCUT2D eigenvalue weighted by molar-refractivity contribution is 0.577. The minimum absolute atomic E-state index is 0.584. The monoisotopic (exact) mass is 316 g/mol. The van der Waals surface area contributed by atoms with E-state index >= 15 is 0 Å². The first kappa shape index (κ1) is 15.1. The van der Waals surface area contributed by atoms with Crippen LogP contribution in [0.1, 0.15) is 25.0 Å². The number of nitrogens with one attached hydrogen (secondary N) is 1. The van der Waals surface area contributed by atoms with E-state index in [1.165, 1.54) is 19.3 Å². The Morgan fingerprint density at radius 2 is 1.86 bits per heavy atom. The molecule has 22 heavy (non-hydrogen) atoms. The summed E-state index contributed by atoms with van der Waals surface area (Å²) in [4.78, 5) is 11.2. The number of hydrogen-bond acceptors (Lipinski definition) is 4. The Balaban J connectivity index is 2.01. The average molecular weight is 317 g/mol. The SMILES string of the molecule is CNc1cnc(C)c(-c2cnc(Cl)c(N3CCCCC3)c2)c1. The molecule has 0 aromatic carbocycles. The molecule has 0 saturated carbocycles. The summed E-state index contributed by atoms with van der Waals surface area (Å²) in [6.07, 6.45) is 7.41. The molecule has 3 heterocycles. The highest BCUT2D eigenvalue weighted by Gasteiger charge is 2.16. The predicted molar refractivity (Wildman–Crippen MR) is 92.8 cm³/mol. The molecular formula is C17H21ClN4. The molecule has 0 unspecified atom stereocenters. The van der Waals surface area contributed by atoms with Gasteiger partial charge in [-0.1, -0.05) is 11.6 Å². The highest BCUT2D eigenvalue weighted by molar-refractivity contribution is 6.32. The van der Waals surface area contributed by atoms with Crippen LogP contribution in [0.4, 0.5) is 11.4 Å². The predicted octanol–water partition coefficient (Wildman–Crippen LogP) is 4.14. The van der Waals surface area contributed by atoms with E-state index in [9.17, 15) is 0 Å². The number of aromatic nitrogens is 2. The normalized spacial score (nSPS) is 15.0. The van der Waals surface area contributed by atoms with E-state index in [4.69, 9.17) is 11.6 Å². The molecule has 5 heteroatoms. The Kier molecular flexibility index (Phi) is 4.48.